The first kappa shape index (κ1) is 15.0. The molecule has 0 radical (unpaired) electrons. The zero-order chi connectivity index (χ0) is 15.0. The van der Waals surface area contributed by atoms with Gasteiger partial charge in [0.05, 0.1) is 6.42 Å². The molecule has 0 saturated heterocycles. The molecule has 0 amide bonds. The Bertz CT molecular complexity index is 509. The van der Waals surface area contributed by atoms with Crippen molar-refractivity contribution in [1.29, 1.82) is 0 Å². The zero-order valence-corrected chi connectivity index (χ0v) is 12.6. The Morgan fingerprint density at radius 2 is 1.90 bits per heavy atom. The number of nitrogens with two attached hydrogens (primary N) is 1. The SMILES string of the molecule is CCC(N)C1(CC(=O)O)CCC(C)(C)c2ccccc21. The second-order valence-corrected chi connectivity index (χ2v) is 6.67. The molecule has 110 valence electrons. The summed E-state index contributed by atoms with van der Waals surface area (Å²) >= 11 is 0. The van der Waals surface area contributed by atoms with E-state index in [1.54, 1.807) is 0 Å². The van der Waals surface area contributed by atoms with Crippen molar-refractivity contribution in [3.63, 3.8) is 0 Å². The highest BCUT2D eigenvalue weighted by atomic mass is 16.4. The van der Waals surface area contributed by atoms with Crippen molar-refractivity contribution in [2.75, 3.05) is 0 Å². The second kappa shape index (κ2) is 5.21. The van der Waals surface area contributed by atoms with Crippen molar-refractivity contribution >= 4 is 5.97 Å². The molecule has 20 heavy (non-hydrogen) atoms. The number of hydrogen-bond acceptors (Lipinski definition) is 2. The molecule has 1 aromatic rings. The van der Waals surface area contributed by atoms with Crippen molar-refractivity contribution in [2.45, 2.75) is 63.3 Å². The van der Waals surface area contributed by atoms with Gasteiger partial charge in [0, 0.05) is 11.5 Å². The first-order chi connectivity index (χ1) is 9.33. The van der Waals surface area contributed by atoms with Gasteiger partial charge in [0.2, 0.25) is 0 Å². The number of carboxylic acid groups (broad SMARTS) is 1. The molecule has 1 aliphatic rings. The smallest absolute Gasteiger partial charge is 0.304 e. The maximum atomic E-state index is 11.4. The molecule has 3 N–H and O–H groups in total. The molecular weight excluding hydrogens is 250 g/mol. The number of benzene rings is 1. The van der Waals surface area contributed by atoms with E-state index in [1.807, 2.05) is 19.1 Å². The molecule has 2 rings (SSSR count). The Balaban J connectivity index is 2.62. The van der Waals surface area contributed by atoms with E-state index in [2.05, 4.69) is 26.0 Å². The summed E-state index contributed by atoms with van der Waals surface area (Å²) in [5.74, 6) is -0.761. The van der Waals surface area contributed by atoms with Crippen LogP contribution in [-0.2, 0) is 15.6 Å². The molecular formula is C17H25NO2. The number of rotatable bonds is 4. The third-order valence-electron chi connectivity index (χ3n) is 5.00. The van der Waals surface area contributed by atoms with Gasteiger partial charge in [-0.1, -0.05) is 45.0 Å². The predicted molar refractivity (Wildman–Crippen MR) is 80.9 cm³/mol. The average molecular weight is 275 g/mol. The summed E-state index contributed by atoms with van der Waals surface area (Å²) in [6.07, 6.45) is 2.74. The lowest BCUT2D eigenvalue weighted by molar-refractivity contribution is -0.139. The average Bonchev–Trinajstić information content (AvgIpc) is 2.41. The van der Waals surface area contributed by atoms with E-state index < -0.39 is 11.4 Å². The maximum Gasteiger partial charge on any atom is 0.304 e. The fourth-order valence-corrected chi connectivity index (χ4v) is 3.67. The van der Waals surface area contributed by atoms with E-state index in [0.29, 0.717) is 0 Å². The van der Waals surface area contributed by atoms with Crippen LogP contribution < -0.4 is 5.73 Å². The van der Waals surface area contributed by atoms with Crippen LogP contribution >= 0.6 is 0 Å². The molecule has 2 atom stereocenters. The molecule has 2 unspecified atom stereocenters. The highest BCUT2D eigenvalue weighted by molar-refractivity contribution is 5.70. The Labute approximate surface area is 121 Å². The molecule has 1 aliphatic carbocycles. The summed E-state index contributed by atoms with van der Waals surface area (Å²) in [6, 6.07) is 8.13. The molecule has 0 aromatic heterocycles. The highest BCUT2D eigenvalue weighted by Crippen LogP contribution is 2.49. The maximum absolute atomic E-state index is 11.4. The van der Waals surface area contributed by atoms with Crippen molar-refractivity contribution in [2.24, 2.45) is 5.73 Å². The van der Waals surface area contributed by atoms with E-state index in [1.165, 1.54) is 5.56 Å². The predicted octanol–water partition coefficient (Wildman–Crippen LogP) is 3.21. The van der Waals surface area contributed by atoms with Crippen molar-refractivity contribution in [1.82, 2.24) is 0 Å². The zero-order valence-electron chi connectivity index (χ0n) is 12.6. The van der Waals surface area contributed by atoms with E-state index in [4.69, 9.17) is 5.73 Å². The second-order valence-electron chi connectivity index (χ2n) is 6.67. The van der Waals surface area contributed by atoms with Gasteiger partial charge in [-0.05, 0) is 35.8 Å². The van der Waals surface area contributed by atoms with Crippen molar-refractivity contribution in [3.8, 4) is 0 Å². The normalized spacial score (nSPS) is 25.8. The van der Waals surface area contributed by atoms with Gasteiger partial charge in [0.1, 0.15) is 0 Å². The van der Waals surface area contributed by atoms with Crippen molar-refractivity contribution < 1.29 is 9.90 Å². The topological polar surface area (TPSA) is 63.3 Å². The minimum absolute atomic E-state index is 0.0893. The number of carboxylic acids is 1. The summed E-state index contributed by atoms with van der Waals surface area (Å²) in [5, 5.41) is 9.38. The fourth-order valence-electron chi connectivity index (χ4n) is 3.67. The number of fused-ring (bicyclic) bond motifs is 1. The summed E-state index contributed by atoms with van der Waals surface area (Å²) in [4.78, 5) is 11.4. The standard InChI is InChI=1S/C17H25NO2/c1-4-14(18)17(11-15(19)20)10-9-16(2,3)12-7-5-6-8-13(12)17/h5-8,14H,4,9-11,18H2,1-3H3,(H,19,20). The van der Waals surface area contributed by atoms with E-state index in [-0.39, 0.29) is 17.9 Å². The van der Waals surface area contributed by atoms with Crippen LogP contribution in [0.5, 0.6) is 0 Å². The minimum atomic E-state index is -0.761. The van der Waals surface area contributed by atoms with Gasteiger partial charge < -0.3 is 10.8 Å². The largest absolute Gasteiger partial charge is 0.481 e. The molecule has 0 saturated carbocycles. The molecule has 0 fully saturated rings. The van der Waals surface area contributed by atoms with Crippen LogP contribution in [0.4, 0.5) is 0 Å². The number of carbonyl (C=O) groups is 1. The number of aliphatic carboxylic acids is 1. The monoisotopic (exact) mass is 275 g/mol. The third kappa shape index (κ3) is 2.35. The quantitative estimate of drug-likeness (QED) is 0.887. The summed E-state index contributed by atoms with van der Waals surface area (Å²) in [7, 11) is 0. The van der Waals surface area contributed by atoms with Crippen molar-refractivity contribution in [3.05, 3.63) is 35.4 Å². The molecule has 0 aliphatic heterocycles. The molecule has 0 bridgehead atoms. The van der Waals surface area contributed by atoms with Crippen LogP contribution in [0.3, 0.4) is 0 Å². The van der Waals surface area contributed by atoms with Crippen LogP contribution in [0, 0.1) is 0 Å². The summed E-state index contributed by atoms with van der Waals surface area (Å²) in [6.45, 7) is 6.50. The van der Waals surface area contributed by atoms with Gasteiger partial charge in [0.15, 0.2) is 0 Å². The van der Waals surface area contributed by atoms with Crippen LogP contribution in [0.2, 0.25) is 0 Å². The molecule has 3 nitrogen and oxygen atoms in total. The minimum Gasteiger partial charge on any atom is -0.481 e. The first-order valence-electron chi connectivity index (χ1n) is 7.41. The Hall–Kier alpha value is -1.35. The molecule has 0 heterocycles. The van der Waals surface area contributed by atoms with Crippen LogP contribution in [0.15, 0.2) is 24.3 Å². The van der Waals surface area contributed by atoms with Gasteiger partial charge in [0.25, 0.3) is 0 Å². The third-order valence-corrected chi connectivity index (χ3v) is 5.00. The van der Waals surface area contributed by atoms with E-state index in [0.717, 1.165) is 24.8 Å². The molecule has 3 heteroatoms. The van der Waals surface area contributed by atoms with Crippen LogP contribution in [-0.4, -0.2) is 17.1 Å². The lowest BCUT2D eigenvalue weighted by Gasteiger charge is -2.47. The van der Waals surface area contributed by atoms with E-state index >= 15 is 0 Å². The summed E-state index contributed by atoms with van der Waals surface area (Å²) < 4.78 is 0. The number of hydrogen-bond donors (Lipinski definition) is 2. The lowest BCUT2D eigenvalue weighted by atomic mass is 9.57. The van der Waals surface area contributed by atoms with Gasteiger partial charge >= 0.3 is 5.97 Å². The molecule has 1 aromatic carbocycles. The van der Waals surface area contributed by atoms with Crippen LogP contribution in [0.1, 0.15) is 57.6 Å². The molecule has 0 spiro atoms. The lowest BCUT2D eigenvalue weighted by Crippen LogP contribution is -2.51. The Morgan fingerprint density at radius 1 is 1.30 bits per heavy atom. The summed E-state index contributed by atoms with van der Waals surface area (Å²) in [5.41, 5.74) is 8.44. The van der Waals surface area contributed by atoms with Crippen LogP contribution in [0.25, 0.3) is 0 Å². The van der Waals surface area contributed by atoms with E-state index in [9.17, 15) is 9.90 Å². The highest BCUT2D eigenvalue weighted by Gasteiger charge is 2.46. The first-order valence-corrected chi connectivity index (χ1v) is 7.41. The fraction of sp³-hybridized carbons (Fsp3) is 0.588. The van der Waals surface area contributed by atoms with Gasteiger partial charge in [-0.15, -0.1) is 0 Å². The van der Waals surface area contributed by atoms with Gasteiger partial charge in [-0.25, -0.2) is 0 Å². The van der Waals surface area contributed by atoms with Gasteiger partial charge in [-0.2, -0.15) is 0 Å². The van der Waals surface area contributed by atoms with Gasteiger partial charge in [-0.3, -0.25) is 4.79 Å². The Kier molecular flexibility index (Phi) is 3.92. The Morgan fingerprint density at radius 3 is 2.45 bits per heavy atom.